The highest BCUT2D eigenvalue weighted by Crippen LogP contribution is 2.27. The summed E-state index contributed by atoms with van der Waals surface area (Å²) in [6.07, 6.45) is 1.65. The zero-order chi connectivity index (χ0) is 19.8. The largest absolute Gasteiger partial charge is 0.376 e. The monoisotopic (exact) mass is 398 g/mol. The first-order valence-electron chi connectivity index (χ1n) is 9.13. The van der Waals surface area contributed by atoms with Crippen LogP contribution in [0.15, 0.2) is 36.4 Å². The van der Waals surface area contributed by atoms with Gasteiger partial charge in [-0.2, -0.15) is 0 Å². The second-order valence-electron chi connectivity index (χ2n) is 7.03. The molecule has 2 aliphatic heterocycles. The fourth-order valence-electron chi connectivity index (χ4n) is 3.55. The van der Waals surface area contributed by atoms with E-state index in [1.54, 1.807) is 24.3 Å². The number of nitrogens with one attached hydrogen (secondary N) is 1. The quantitative estimate of drug-likeness (QED) is 0.797. The molecule has 0 radical (unpaired) electrons. The minimum Gasteiger partial charge on any atom is -0.376 e. The van der Waals surface area contributed by atoms with Crippen molar-refractivity contribution in [3.05, 3.63) is 63.7 Å². The van der Waals surface area contributed by atoms with Gasteiger partial charge in [0.1, 0.15) is 0 Å². The number of ether oxygens (including phenoxy) is 1. The fraction of sp³-hybridized carbons (Fsp3) is 0.286. The lowest BCUT2D eigenvalue weighted by Crippen LogP contribution is -2.36. The van der Waals surface area contributed by atoms with Gasteiger partial charge in [0.05, 0.1) is 23.8 Å². The molecule has 6 nitrogen and oxygen atoms in total. The van der Waals surface area contributed by atoms with E-state index in [0.29, 0.717) is 28.4 Å². The third-order valence-corrected chi connectivity index (χ3v) is 5.31. The van der Waals surface area contributed by atoms with Gasteiger partial charge >= 0.3 is 0 Å². The van der Waals surface area contributed by atoms with E-state index in [0.717, 1.165) is 18.4 Å². The fourth-order valence-corrected chi connectivity index (χ4v) is 3.78. The Bertz CT molecular complexity index is 982. The summed E-state index contributed by atoms with van der Waals surface area (Å²) in [4.78, 5) is 39.1. The van der Waals surface area contributed by atoms with Crippen molar-refractivity contribution in [1.82, 2.24) is 4.90 Å². The molecule has 1 atom stereocenters. The Morgan fingerprint density at radius 2 is 1.96 bits per heavy atom. The Hall–Kier alpha value is -2.70. The summed E-state index contributed by atoms with van der Waals surface area (Å²) in [6, 6.07) is 9.74. The van der Waals surface area contributed by atoms with Crippen LogP contribution >= 0.6 is 11.6 Å². The molecule has 2 aromatic rings. The first-order valence-corrected chi connectivity index (χ1v) is 9.51. The Morgan fingerprint density at radius 1 is 1.18 bits per heavy atom. The van der Waals surface area contributed by atoms with E-state index in [1.807, 2.05) is 6.92 Å². The maximum Gasteiger partial charge on any atom is 0.261 e. The van der Waals surface area contributed by atoms with Gasteiger partial charge in [-0.3, -0.25) is 19.3 Å². The average Bonchev–Trinajstić information content (AvgIpc) is 3.27. The highest BCUT2D eigenvalue weighted by atomic mass is 35.5. The maximum absolute atomic E-state index is 12.7. The Labute approximate surface area is 167 Å². The Balaban J connectivity index is 1.54. The van der Waals surface area contributed by atoms with Crippen LogP contribution in [0, 0.1) is 6.92 Å². The molecule has 4 rings (SSSR count). The van der Waals surface area contributed by atoms with Gasteiger partial charge in [-0.1, -0.05) is 11.6 Å². The molecule has 1 unspecified atom stereocenters. The molecule has 2 aliphatic rings. The minimum atomic E-state index is -0.382. The van der Waals surface area contributed by atoms with Crippen molar-refractivity contribution in [2.75, 3.05) is 18.5 Å². The Morgan fingerprint density at radius 3 is 2.68 bits per heavy atom. The molecule has 3 amide bonds. The van der Waals surface area contributed by atoms with Crippen molar-refractivity contribution in [2.24, 2.45) is 0 Å². The van der Waals surface area contributed by atoms with Crippen LogP contribution < -0.4 is 5.32 Å². The topological polar surface area (TPSA) is 75.7 Å². The summed E-state index contributed by atoms with van der Waals surface area (Å²) in [6.45, 7) is 2.75. The second-order valence-corrected chi connectivity index (χ2v) is 7.47. The lowest BCUT2D eigenvalue weighted by atomic mass is 10.0. The first-order chi connectivity index (χ1) is 13.4. The van der Waals surface area contributed by atoms with E-state index in [9.17, 15) is 14.4 Å². The van der Waals surface area contributed by atoms with Crippen LogP contribution in [0.2, 0.25) is 5.02 Å². The molecule has 0 aromatic heterocycles. The zero-order valence-corrected chi connectivity index (χ0v) is 16.1. The summed E-state index contributed by atoms with van der Waals surface area (Å²) in [5.74, 6) is -1.07. The molecule has 0 bridgehead atoms. The normalized spacial score (nSPS) is 18.5. The smallest absolute Gasteiger partial charge is 0.261 e. The van der Waals surface area contributed by atoms with Crippen LogP contribution in [-0.2, 0) is 4.74 Å². The molecule has 7 heteroatoms. The first kappa shape index (κ1) is 18.7. The highest BCUT2D eigenvalue weighted by molar-refractivity contribution is 6.30. The summed E-state index contributed by atoms with van der Waals surface area (Å²) in [5.41, 5.74) is 2.35. The van der Waals surface area contributed by atoms with Crippen LogP contribution in [0.25, 0.3) is 0 Å². The summed E-state index contributed by atoms with van der Waals surface area (Å²) in [7, 11) is 0. The van der Waals surface area contributed by atoms with Crippen LogP contribution in [-0.4, -0.2) is 41.9 Å². The molecular formula is C21H19ClN2O4. The predicted molar refractivity (Wildman–Crippen MR) is 105 cm³/mol. The molecular weight excluding hydrogens is 380 g/mol. The molecule has 28 heavy (non-hydrogen) atoms. The lowest BCUT2D eigenvalue weighted by Gasteiger charge is -2.17. The number of imide groups is 1. The number of rotatable bonds is 4. The zero-order valence-electron chi connectivity index (χ0n) is 15.3. The van der Waals surface area contributed by atoms with Gasteiger partial charge in [-0.05, 0) is 61.7 Å². The summed E-state index contributed by atoms with van der Waals surface area (Å²) < 4.78 is 5.54. The number of carbonyl (C=O) groups excluding carboxylic acids is 3. The van der Waals surface area contributed by atoms with Gasteiger partial charge in [0.25, 0.3) is 17.7 Å². The molecule has 0 saturated carbocycles. The minimum absolute atomic E-state index is 0.113. The second kappa shape index (κ2) is 7.37. The van der Waals surface area contributed by atoms with E-state index in [1.165, 1.54) is 17.0 Å². The number of aryl methyl sites for hydroxylation is 1. The van der Waals surface area contributed by atoms with Crippen molar-refractivity contribution < 1.29 is 19.1 Å². The van der Waals surface area contributed by atoms with E-state index in [-0.39, 0.29) is 35.9 Å². The van der Waals surface area contributed by atoms with Crippen molar-refractivity contribution >= 4 is 35.0 Å². The summed E-state index contributed by atoms with van der Waals surface area (Å²) in [5, 5.41) is 3.40. The number of hydrogen-bond donors (Lipinski definition) is 1. The number of fused-ring (bicyclic) bond motifs is 1. The van der Waals surface area contributed by atoms with Gasteiger partial charge in [-0.25, -0.2) is 0 Å². The third kappa shape index (κ3) is 3.41. The van der Waals surface area contributed by atoms with Crippen LogP contribution in [0.5, 0.6) is 0 Å². The van der Waals surface area contributed by atoms with Crippen LogP contribution in [0.1, 0.15) is 49.5 Å². The van der Waals surface area contributed by atoms with Crippen LogP contribution in [0.3, 0.4) is 0 Å². The van der Waals surface area contributed by atoms with E-state index < -0.39 is 0 Å². The average molecular weight is 399 g/mol. The van der Waals surface area contributed by atoms with Crippen molar-refractivity contribution in [2.45, 2.75) is 25.9 Å². The molecule has 0 aliphatic carbocycles. The number of hydrogen-bond acceptors (Lipinski definition) is 4. The van der Waals surface area contributed by atoms with Gasteiger partial charge in [-0.15, -0.1) is 0 Å². The standard InChI is InChI=1S/C21H19ClN2O4/c1-12-9-14(22)5-7-18(12)23-19(25)13-4-6-16-17(10-13)21(27)24(20(16)26)11-15-3-2-8-28-15/h4-7,9-10,15H,2-3,8,11H2,1H3,(H,23,25). The number of nitrogens with zero attached hydrogens (tertiary/aromatic N) is 1. The van der Waals surface area contributed by atoms with Gasteiger partial charge in [0, 0.05) is 22.9 Å². The van der Waals surface area contributed by atoms with E-state index in [2.05, 4.69) is 5.32 Å². The Kier molecular flexibility index (Phi) is 4.91. The highest BCUT2D eigenvalue weighted by Gasteiger charge is 2.37. The number of anilines is 1. The van der Waals surface area contributed by atoms with E-state index in [4.69, 9.17) is 16.3 Å². The molecule has 2 aromatic carbocycles. The SMILES string of the molecule is Cc1cc(Cl)ccc1NC(=O)c1ccc2c(c1)C(=O)N(CC1CCCO1)C2=O. The molecule has 0 spiro atoms. The molecule has 1 N–H and O–H groups in total. The third-order valence-electron chi connectivity index (χ3n) is 5.08. The van der Waals surface area contributed by atoms with Crippen LogP contribution in [0.4, 0.5) is 5.69 Å². The van der Waals surface area contributed by atoms with Crippen molar-refractivity contribution in [1.29, 1.82) is 0 Å². The lowest BCUT2D eigenvalue weighted by molar-refractivity contribution is 0.0475. The number of carbonyl (C=O) groups is 3. The maximum atomic E-state index is 12.7. The number of benzene rings is 2. The van der Waals surface area contributed by atoms with Crippen molar-refractivity contribution in [3.63, 3.8) is 0 Å². The number of halogens is 1. The number of amides is 3. The van der Waals surface area contributed by atoms with Gasteiger partial charge in [0.2, 0.25) is 0 Å². The van der Waals surface area contributed by atoms with Crippen molar-refractivity contribution in [3.8, 4) is 0 Å². The van der Waals surface area contributed by atoms with Gasteiger partial charge < -0.3 is 10.1 Å². The molecule has 1 fully saturated rings. The molecule has 1 saturated heterocycles. The van der Waals surface area contributed by atoms with Gasteiger partial charge in [0.15, 0.2) is 0 Å². The summed E-state index contributed by atoms with van der Waals surface area (Å²) >= 11 is 5.94. The molecule has 144 valence electrons. The van der Waals surface area contributed by atoms with E-state index >= 15 is 0 Å². The predicted octanol–water partition coefficient (Wildman–Crippen LogP) is 3.68. The molecule has 2 heterocycles.